The van der Waals surface area contributed by atoms with Crippen LogP contribution >= 0.6 is 0 Å². The van der Waals surface area contributed by atoms with E-state index < -0.39 is 5.82 Å². The average Bonchev–Trinajstić information content (AvgIpc) is 2.04. The highest BCUT2D eigenvalue weighted by molar-refractivity contribution is 5.24. The lowest BCUT2D eigenvalue weighted by Crippen LogP contribution is -1.95. The molecule has 1 N–H and O–H groups in total. The van der Waals surface area contributed by atoms with Crippen LogP contribution in [0.3, 0.4) is 0 Å². The lowest BCUT2D eigenvalue weighted by molar-refractivity contribution is 0.270. The van der Waals surface area contributed by atoms with Crippen molar-refractivity contribution in [2.24, 2.45) is 0 Å². The van der Waals surface area contributed by atoms with Crippen molar-refractivity contribution in [3.8, 4) is 5.88 Å². The molecule has 4 heteroatoms. The molecule has 0 saturated carbocycles. The van der Waals surface area contributed by atoms with Crippen molar-refractivity contribution in [3.05, 3.63) is 23.6 Å². The molecule has 0 radical (unpaired) electrons. The smallest absolute Gasteiger partial charge is 0.218 e. The van der Waals surface area contributed by atoms with Gasteiger partial charge in [-0.05, 0) is 6.07 Å². The molecule has 1 heterocycles. The number of pyridine rings is 1. The Morgan fingerprint density at radius 3 is 3.00 bits per heavy atom. The maximum atomic E-state index is 12.4. The third kappa shape index (κ3) is 1.65. The minimum atomic E-state index is -0.477. The summed E-state index contributed by atoms with van der Waals surface area (Å²) in [6, 6.07) is 1.19. The predicted molar refractivity (Wildman–Crippen MR) is 36.7 cm³/mol. The molecule has 0 fully saturated rings. The Balaban J connectivity index is 3.06. The number of methoxy groups -OCH3 is 1. The van der Waals surface area contributed by atoms with E-state index in [0.717, 1.165) is 6.20 Å². The first-order chi connectivity index (χ1) is 5.27. The van der Waals surface area contributed by atoms with E-state index in [1.165, 1.54) is 13.2 Å². The average molecular weight is 157 g/mol. The van der Waals surface area contributed by atoms with Crippen molar-refractivity contribution in [3.63, 3.8) is 0 Å². The van der Waals surface area contributed by atoms with Crippen LogP contribution in [0.2, 0.25) is 0 Å². The standard InChI is InChI=1S/C7H8FNO2/c1-11-7-5(4-10)2-6(8)3-9-7/h2-3,10H,4H2,1H3. The van der Waals surface area contributed by atoms with Gasteiger partial charge in [0.05, 0.1) is 19.9 Å². The molecule has 3 nitrogen and oxygen atoms in total. The number of aliphatic hydroxyl groups excluding tert-OH is 1. The molecular formula is C7H8FNO2. The minimum absolute atomic E-state index is 0.258. The van der Waals surface area contributed by atoms with Gasteiger partial charge in [-0.2, -0.15) is 0 Å². The summed E-state index contributed by atoms with van der Waals surface area (Å²) >= 11 is 0. The Bertz CT molecular complexity index is 252. The van der Waals surface area contributed by atoms with Crippen LogP contribution in [0, 0.1) is 5.82 Å². The molecule has 0 unspecified atom stereocenters. The van der Waals surface area contributed by atoms with Crippen LogP contribution in [-0.4, -0.2) is 17.2 Å². The Kier molecular flexibility index (Phi) is 2.38. The van der Waals surface area contributed by atoms with Crippen LogP contribution in [0.25, 0.3) is 0 Å². The first-order valence-electron chi connectivity index (χ1n) is 3.07. The fourth-order valence-electron chi connectivity index (χ4n) is 0.766. The number of ether oxygens (including phenoxy) is 1. The van der Waals surface area contributed by atoms with E-state index in [1.54, 1.807) is 0 Å². The summed E-state index contributed by atoms with van der Waals surface area (Å²) in [6.07, 6.45) is 1.04. The highest BCUT2D eigenvalue weighted by Crippen LogP contribution is 2.14. The molecule has 1 aromatic heterocycles. The molecule has 1 rings (SSSR count). The van der Waals surface area contributed by atoms with Gasteiger partial charge in [0, 0.05) is 5.56 Å². The topological polar surface area (TPSA) is 42.4 Å². The van der Waals surface area contributed by atoms with Crippen molar-refractivity contribution in [1.82, 2.24) is 4.98 Å². The third-order valence-electron chi connectivity index (χ3n) is 1.26. The SMILES string of the molecule is COc1ncc(F)cc1CO. The molecule has 0 amide bonds. The molecule has 0 aliphatic heterocycles. The fourth-order valence-corrected chi connectivity index (χ4v) is 0.766. The van der Waals surface area contributed by atoms with Crippen LogP contribution in [0.15, 0.2) is 12.3 Å². The maximum absolute atomic E-state index is 12.4. The number of aliphatic hydroxyl groups is 1. The number of hydrogen-bond donors (Lipinski definition) is 1. The summed E-state index contributed by atoms with van der Waals surface area (Å²) in [6.45, 7) is -0.270. The monoisotopic (exact) mass is 157 g/mol. The zero-order valence-corrected chi connectivity index (χ0v) is 6.04. The summed E-state index contributed by atoms with van der Waals surface area (Å²) < 4.78 is 17.2. The Morgan fingerprint density at radius 1 is 1.73 bits per heavy atom. The molecule has 0 spiro atoms. The van der Waals surface area contributed by atoms with Crippen LogP contribution in [0.5, 0.6) is 5.88 Å². The normalized spacial score (nSPS) is 9.73. The summed E-state index contributed by atoms with van der Waals surface area (Å²) in [5, 5.41) is 8.69. The van der Waals surface area contributed by atoms with Crippen molar-refractivity contribution >= 4 is 0 Å². The lowest BCUT2D eigenvalue weighted by Gasteiger charge is -2.02. The Morgan fingerprint density at radius 2 is 2.45 bits per heavy atom. The van der Waals surface area contributed by atoms with Gasteiger partial charge in [-0.15, -0.1) is 0 Å². The second-order valence-corrected chi connectivity index (χ2v) is 1.98. The van der Waals surface area contributed by atoms with Crippen molar-refractivity contribution in [2.75, 3.05) is 7.11 Å². The lowest BCUT2D eigenvalue weighted by atomic mass is 10.3. The Hall–Kier alpha value is -1.16. The first kappa shape index (κ1) is 7.94. The second-order valence-electron chi connectivity index (χ2n) is 1.98. The van der Waals surface area contributed by atoms with E-state index >= 15 is 0 Å². The van der Waals surface area contributed by atoms with E-state index in [4.69, 9.17) is 9.84 Å². The van der Waals surface area contributed by atoms with Crippen molar-refractivity contribution < 1.29 is 14.2 Å². The predicted octanol–water partition coefficient (Wildman–Crippen LogP) is 0.722. The van der Waals surface area contributed by atoms with E-state index in [1.807, 2.05) is 0 Å². The van der Waals surface area contributed by atoms with Gasteiger partial charge in [-0.1, -0.05) is 0 Å². The van der Waals surface area contributed by atoms with Gasteiger partial charge in [0.1, 0.15) is 5.82 Å². The zero-order chi connectivity index (χ0) is 8.27. The highest BCUT2D eigenvalue weighted by Gasteiger charge is 2.03. The number of rotatable bonds is 2. The summed E-state index contributed by atoms with van der Waals surface area (Å²) in [7, 11) is 1.42. The summed E-state index contributed by atoms with van der Waals surface area (Å²) in [5.74, 6) is -0.219. The van der Waals surface area contributed by atoms with Gasteiger partial charge in [0.15, 0.2) is 0 Å². The molecule has 0 aliphatic rings. The second kappa shape index (κ2) is 3.30. The minimum Gasteiger partial charge on any atom is -0.481 e. The zero-order valence-electron chi connectivity index (χ0n) is 6.04. The molecule has 11 heavy (non-hydrogen) atoms. The van der Waals surface area contributed by atoms with Crippen LogP contribution in [0.4, 0.5) is 4.39 Å². The van der Waals surface area contributed by atoms with E-state index in [0.29, 0.717) is 5.56 Å². The number of aromatic nitrogens is 1. The van der Waals surface area contributed by atoms with Crippen molar-refractivity contribution in [2.45, 2.75) is 6.61 Å². The maximum Gasteiger partial charge on any atom is 0.218 e. The van der Waals surface area contributed by atoms with Gasteiger partial charge in [-0.3, -0.25) is 0 Å². The van der Waals surface area contributed by atoms with E-state index in [2.05, 4.69) is 4.98 Å². The van der Waals surface area contributed by atoms with Gasteiger partial charge in [0.25, 0.3) is 0 Å². The van der Waals surface area contributed by atoms with Gasteiger partial charge < -0.3 is 9.84 Å². The molecule has 0 saturated heterocycles. The molecule has 0 bridgehead atoms. The molecule has 60 valence electrons. The van der Waals surface area contributed by atoms with Crippen LogP contribution in [-0.2, 0) is 6.61 Å². The van der Waals surface area contributed by atoms with E-state index in [9.17, 15) is 4.39 Å². The molecule has 0 aliphatic carbocycles. The fraction of sp³-hybridized carbons (Fsp3) is 0.286. The largest absolute Gasteiger partial charge is 0.481 e. The molecule has 0 atom stereocenters. The summed E-state index contributed by atoms with van der Waals surface area (Å²) in [5.41, 5.74) is 0.354. The van der Waals surface area contributed by atoms with Gasteiger partial charge in [-0.25, -0.2) is 9.37 Å². The molecular weight excluding hydrogens is 149 g/mol. The number of halogens is 1. The van der Waals surface area contributed by atoms with Crippen LogP contribution in [0.1, 0.15) is 5.56 Å². The molecule has 0 aromatic carbocycles. The number of nitrogens with zero attached hydrogens (tertiary/aromatic N) is 1. The quantitative estimate of drug-likeness (QED) is 0.687. The van der Waals surface area contributed by atoms with Crippen LogP contribution < -0.4 is 4.74 Å². The van der Waals surface area contributed by atoms with Crippen molar-refractivity contribution in [1.29, 1.82) is 0 Å². The van der Waals surface area contributed by atoms with Gasteiger partial charge in [0.2, 0.25) is 5.88 Å². The number of hydrogen-bond acceptors (Lipinski definition) is 3. The third-order valence-corrected chi connectivity index (χ3v) is 1.26. The summed E-state index contributed by atoms with van der Waals surface area (Å²) in [4.78, 5) is 3.61. The highest BCUT2D eigenvalue weighted by atomic mass is 19.1. The molecule has 1 aromatic rings. The van der Waals surface area contributed by atoms with E-state index in [-0.39, 0.29) is 12.5 Å². The Labute approximate surface area is 63.5 Å². The van der Waals surface area contributed by atoms with Gasteiger partial charge >= 0.3 is 0 Å². The first-order valence-corrected chi connectivity index (χ1v) is 3.07.